The van der Waals surface area contributed by atoms with Gasteiger partial charge in [-0.25, -0.2) is 18.7 Å². The van der Waals surface area contributed by atoms with Gasteiger partial charge < -0.3 is 10.3 Å². The first-order chi connectivity index (χ1) is 14.3. The average Bonchev–Trinajstić information content (AvgIpc) is 2.95. The Bertz CT molecular complexity index is 955. The lowest BCUT2D eigenvalue weighted by Gasteiger charge is -2.20. The molecule has 2 fully saturated rings. The molecular formula is C18H17F8N5. The van der Waals surface area contributed by atoms with Crippen molar-refractivity contribution in [2.45, 2.75) is 31.2 Å². The molecule has 170 valence electrons. The fourth-order valence-electron chi connectivity index (χ4n) is 4.32. The number of pyridine rings is 1. The van der Waals surface area contributed by atoms with Gasteiger partial charge in [0.2, 0.25) is 0 Å². The lowest BCUT2D eigenvalue weighted by atomic mass is 10.1. The monoisotopic (exact) mass is 455 g/mol. The number of fused-ring (bicyclic) bond motifs is 1. The lowest BCUT2D eigenvalue weighted by Crippen LogP contribution is -2.30. The largest absolute Gasteiger partial charge is 0.419 e. The van der Waals surface area contributed by atoms with Crippen LogP contribution in [0.4, 0.5) is 40.9 Å². The molecule has 2 N–H and O–H groups in total. The number of nitrogen functional groups attached to an aromatic ring is 1. The number of nitrogens with zero attached hydrogens (tertiary/aromatic N) is 4. The Labute approximate surface area is 170 Å². The maximum absolute atomic E-state index is 13.1. The number of anilines is 1. The van der Waals surface area contributed by atoms with Crippen LogP contribution in [0, 0.1) is 11.8 Å². The Morgan fingerprint density at radius 2 is 1.74 bits per heavy atom. The summed E-state index contributed by atoms with van der Waals surface area (Å²) in [5.41, 5.74) is 3.86. The first-order valence-corrected chi connectivity index (χ1v) is 9.31. The average molecular weight is 455 g/mol. The van der Waals surface area contributed by atoms with Gasteiger partial charge in [-0.3, -0.25) is 4.90 Å². The smallest absolute Gasteiger partial charge is 0.383 e. The number of hydrogen-bond donors (Lipinski definition) is 1. The van der Waals surface area contributed by atoms with E-state index in [0.29, 0.717) is 19.2 Å². The minimum atomic E-state index is -4.79. The molecule has 1 aliphatic heterocycles. The van der Waals surface area contributed by atoms with E-state index in [9.17, 15) is 35.1 Å². The number of rotatable bonds is 5. The molecule has 0 unspecified atom stereocenters. The second-order valence-electron chi connectivity index (χ2n) is 7.82. The minimum absolute atomic E-state index is 0.0911. The molecular weight excluding hydrogens is 438 g/mol. The highest BCUT2D eigenvalue weighted by atomic mass is 19.4. The number of nitrogens with two attached hydrogens (primary N) is 1. The zero-order valence-electron chi connectivity index (χ0n) is 15.8. The maximum Gasteiger partial charge on any atom is 0.419 e. The SMILES string of the molecule is Nc1ncc(-c2cn([C@H]3[C@@H]4CN(CC(F)F)C[C@@H]43)c(CC(F)(F)F)n2)cc1C(F)(F)F. The molecule has 2 aromatic heterocycles. The molecule has 0 bridgehead atoms. The Kier molecular flexibility index (Phi) is 5.14. The molecule has 0 spiro atoms. The van der Waals surface area contributed by atoms with Crippen molar-refractivity contribution in [3.8, 4) is 11.3 Å². The lowest BCUT2D eigenvalue weighted by molar-refractivity contribution is -0.137. The maximum atomic E-state index is 13.1. The molecule has 5 nitrogen and oxygen atoms in total. The van der Waals surface area contributed by atoms with Gasteiger partial charge in [0, 0.05) is 37.1 Å². The van der Waals surface area contributed by atoms with E-state index >= 15 is 0 Å². The van der Waals surface area contributed by atoms with Crippen LogP contribution in [0.25, 0.3) is 11.3 Å². The van der Waals surface area contributed by atoms with Crippen molar-refractivity contribution in [1.29, 1.82) is 0 Å². The van der Waals surface area contributed by atoms with Crippen LogP contribution in [0.15, 0.2) is 18.5 Å². The van der Waals surface area contributed by atoms with Gasteiger partial charge in [-0.2, -0.15) is 26.3 Å². The van der Waals surface area contributed by atoms with Crippen molar-refractivity contribution < 1.29 is 35.1 Å². The van der Waals surface area contributed by atoms with E-state index in [1.54, 1.807) is 4.90 Å². The quantitative estimate of drug-likeness (QED) is 0.693. The van der Waals surface area contributed by atoms with E-state index < -0.39 is 43.1 Å². The normalized spacial score (nSPS) is 24.1. The van der Waals surface area contributed by atoms with Crippen LogP contribution in [-0.4, -0.2) is 51.7 Å². The molecule has 13 heteroatoms. The van der Waals surface area contributed by atoms with E-state index in [0.717, 1.165) is 6.20 Å². The van der Waals surface area contributed by atoms with Gasteiger partial charge in [0.05, 0.1) is 17.8 Å². The number of alkyl halides is 8. The second-order valence-corrected chi connectivity index (χ2v) is 7.82. The molecule has 1 saturated carbocycles. The van der Waals surface area contributed by atoms with Gasteiger partial charge in [-0.15, -0.1) is 0 Å². The Morgan fingerprint density at radius 1 is 1.10 bits per heavy atom. The fourth-order valence-corrected chi connectivity index (χ4v) is 4.32. The highest BCUT2D eigenvalue weighted by Gasteiger charge is 2.57. The fraction of sp³-hybridized carbons (Fsp3) is 0.556. The number of piperidine rings is 1. The molecule has 3 heterocycles. The Hall–Kier alpha value is -2.44. The van der Waals surface area contributed by atoms with E-state index in [4.69, 9.17) is 5.73 Å². The number of hydrogen-bond acceptors (Lipinski definition) is 4. The van der Waals surface area contributed by atoms with Crippen molar-refractivity contribution in [3.63, 3.8) is 0 Å². The molecule has 0 amide bonds. The van der Waals surface area contributed by atoms with Crippen molar-refractivity contribution in [2.75, 3.05) is 25.4 Å². The second kappa shape index (κ2) is 7.31. The highest BCUT2D eigenvalue weighted by Crippen LogP contribution is 2.56. The van der Waals surface area contributed by atoms with Crippen LogP contribution in [0.5, 0.6) is 0 Å². The third kappa shape index (κ3) is 4.46. The van der Waals surface area contributed by atoms with E-state index in [1.165, 1.54) is 10.8 Å². The number of aromatic nitrogens is 3. The zero-order valence-corrected chi connectivity index (χ0v) is 15.8. The first kappa shape index (κ1) is 21.8. The predicted molar refractivity (Wildman–Crippen MR) is 93.1 cm³/mol. The third-order valence-electron chi connectivity index (χ3n) is 5.63. The van der Waals surface area contributed by atoms with Crippen molar-refractivity contribution in [3.05, 3.63) is 29.8 Å². The standard InChI is InChI=1S/C18H17F8N5/c19-13(20)7-30-4-9-10(5-30)15(9)31-6-12(29-14(31)2-17(21,22)23)8-1-11(18(24,25)26)16(27)28-3-8/h1,3,6,9-10,13,15H,2,4-5,7H2,(H2,27,28)/t9-,10+,15+. The van der Waals surface area contributed by atoms with Gasteiger partial charge >= 0.3 is 12.4 Å². The summed E-state index contributed by atoms with van der Waals surface area (Å²) < 4.78 is 105. The van der Waals surface area contributed by atoms with Crippen molar-refractivity contribution in [1.82, 2.24) is 19.4 Å². The predicted octanol–water partition coefficient (Wildman–Crippen LogP) is 4.02. The van der Waals surface area contributed by atoms with Gasteiger partial charge in [0.25, 0.3) is 6.43 Å². The molecule has 2 aromatic rings. The first-order valence-electron chi connectivity index (χ1n) is 9.31. The molecule has 2 aliphatic rings. The Morgan fingerprint density at radius 3 is 2.29 bits per heavy atom. The van der Waals surface area contributed by atoms with E-state index in [2.05, 4.69) is 9.97 Å². The molecule has 1 aliphatic carbocycles. The zero-order chi connectivity index (χ0) is 22.7. The summed E-state index contributed by atoms with van der Waals surface area (Å²) in [6, 6.07) is 0.334. The van der Waals surface area contributed by atoms with Gasteiger partial charge in [-0.1, -0.05) is 0 Å². The van der Waals surface area contributed by atoms with Crippen molar-refractivity contribution >= 4 is 5.82 Å². The van der Waals surface area contributed by atoms with E-state index in [-0.39, 0.29) is 35.0 Å². The summed E-state index contributed by atoms with van der Waals surface area (Å²) in [7, 11) is 0. The molecule has 31 heavy (non-hydrogen) atoms. The Balaban J connectivity index is 1.64. The van der Waals surface area contributed by atoms with Crippen LogP contribution in [-0.2, 0) is 12.6 Å². The van der Waals surface area contributed by atoms with Gasteiger partial charge in [0.15, 0.2) is 0 Å². The van der Waals surface area contributed by atoms with Crippen LogP contribution < -0.4 is 5.73 Å². The van der Waals surface area contributed by atoms with Crippen LogP contribution in [0.3, 0.4) is 0 Å². The van der Waals surface area contributed by atoms with E-state index in [1.807, 2.05) is 0 Å². The summed E-state index contributed by atoms with van der Waals surface area (Å²) in [5, 5.41) is 0. The summed E-state index contributed by atoms with van der Waals surface area (Å²) in [5.74, 6) is -1.30. The van der Waals surface area contributed by atoms with Gasteiger partial charge in [0.1, 0.15) is 18.1 Å². The minimum Gasteiger partial charge on any atom is -0.383 e. The summed E-state index contributed by atoms with van der Waals surface area (Å²) in [4.78, 5) is 8.99. The topological polar surface area (TPSA) is 60.0 Å². The summed E-state index contributed by atoms with van der Waals surface area (Å²) in [6.07, 6.45) is -10.9. The molecule has 3 atom stereocenters. The van der Waals surface area contributed by atoms with Crippen LogP contribution in [0.1, 0.15) is 17.4 Å². The molecule has 1 saturated heterocycles. The number of halogens is 8. The van der Waals surface area contributed by atoms with Crippen LogP contribution in [0.2, 0.25) is 0 Å². The highest BCUT2D eigenvalue weighted by molar-refractivity contribution is 5.62. The van der Waals surface area contributed by atoms with Crippen LogP contribution >= 0.6 is 0 Å². The third-order valence-corrected chi connectivity index (χ3v) is 5.63. The molecule has 0 aromatic carbocycles. The van der Waals surface area contributed by atoms with Gasteiger partial charge in [-0.05, 0) is 17.9 Å². The van der Waals surface area contributed by atoms with Crippen molar-refractivity contribution in [2.24, 2.45) is 11.8 Å². The summed E-state index contributed by atoms with van der Waals surface area (Å²) in [6.45, 7) is 0.238. The number of likely N-dealkylation sites (tertiary alicyclic amines) is 1. The number of imidazole rings is 1. The molecule has 4 rings (SSSR count). The summed E-state index contributed by atoms with van der Waals surface area (Å²) >= 11 is 0. The molecule has 0 radical (unpaired) electrons.